The highest BCUT2D eigenvalue weighted by Gasteiger charge is 2.18. The molecule has 1 amide bonds. The van der Waals surface area contributed by atoms with E-state index in [4.69, 9.17) is 4.74 Å². The molecule has 0 aliphatic heterocycles. The molecule has 1 aromatic carbocycles. The summed E-state index contributed by atoms with van der Waals surface area (Å²) in [6.45, 7) is 5.04. The van der Waals surface area contributed by atoms with Crippen molar-refractivity contribution in [3.8, 4) is 0 Å². The first-order valence-corrected chi connectivity index (χ1v) is 6.09. The van der Waals surface area contributed by atoms with E-state index in [-0.39, 0.29) is 11.5 Å². The van der Waals surface area contributed by atoms with E-state index < -0.39 is 12.1 Å². The molecule has 5 heteroatoms. The summed E-state index contributed by atoms with van der Waals surface area (Å²) in [5.74, 6) is -0.818. The molecule has 0 spiro atoms. The van der Waals surface area contributed by atoms with Gasteiger partial charge < -0.3 is 15.2 Å². The quantitative estimate of drug-likeness (QED) is 0.818. The van der Waals surface area contributed by atoms with Gasteiger partial charge in [-0.3, -0.25) is 4.79 Å². The maximum Gasteiger partial charge on any atom is 0.339 e. The number of nitrogens with one attached hydrogen (secondary N) is 1. The van der Waals surface area contributed by atoms with Gasteiger partial charge in [0, 0.05) is 6.92 Å². The molecule has 0 radical (unpaired) electrons. The predicted molar refractivity (Wildman–Crippen MR) is 72.1 cm³/mol. The van der Waals surface area contributed by atoms with Crippen LogP contribution >= 0.6 is 0 Å². The first-order valence-electron chi connectivity index (χ1n) is 6.09. The molecular formula is C14H19NO4. The lowest BCUT2D eigenvalue weighted by molar-refractivity contribution is -0.114. The molecule has 1 rings (SSSR count). The number of benzene rings is 1. The van der Waals surface area contributed by atoms with Gasteiger partial charge in [-0.15, -0.1) is 0 Å². The normalized spacial score (nSPS) is 11.8. The van der Waals surface area contributed by atoms with Gasteiger partial charge in [-0.1, -0.05) is 6.92 Å². The molecule has 1 unspecified atom stereocenters. The fraction of sp³-hybridized carbons (Fsp3) is 0.429. The summed E-state index contributed by atoms with van der Waals surface area (Å²) in [6, 6.07) is 3.24. The van der Waals surface area contributed by atoms with Gasteiger partial charge in [0.05, 0.1) is 24.5 Å². The molecule has 0 bridgehead atoms. The molecule has 0 aliphatic rings. The number of amides is 1. The zero-order chi connectivity index (χ0) is 14.6. The van der Waals surface area contributed by atoms with Gasteiger partial charge in [-0.25, -0.2) is 4.79 Å². The molecule has 1 atom stereocenters. The number of esters is 1. The molecular weight excluding hydrogens is 246 g/mol. The highest BCUT2D eigenvalue weighted by atomic mass is 16.5. The fourth-order valence-electron chi connectivity index (χ4n) is 1.88. The van der Waals surface area contributed by atoms with Gasteiger partial charge in [0.2, 0.25) is 5.91 Å². The smallest absolute Gasteiger partial charge is 0.339 e. The highest BCUT2D eigenvalue weighted by Crippen LogP contribution is 2.27. The predicted octanol–water partition coefficient (Wildman–Crippen LogP) is 2.18. The molecule has 5 nitrogen and oxygen atoms in total. The van der Waals surface area contributed by atoms with Crippen LogP contribution in [-0.4, -0.2) is 24.1 Å². The Morgan fingerprint density at radius 1 is 1.42 bits per heavy atom. The maximum absolute atomic E-state index is 11.7. The average Bonchev–Trinajstić information content (AvgIpc) is 2.36. The van der Waals surface area contributed by atoms with E-state index in [1.165, 1.54) is 14.0 Å². The molecule has 0 saturated carbocycles. The van der Waals surface area contributed by atoms with Crippen molar-refractivity contribution in [3.63, 3.8) is 0 Å². The largest absolute Gasteiger partial charge is 0.465 e. The number of carbonyl (C=O) groups excluding carboxylic acids is 2. The van der Waals surface area contributed by atoms with Crippen LogP contribution in [0.4, 0.5) is 5.69 Å². The number of hydrogen-bond donors (Lipinski definition) is 2. The third-order valence-corrected chi connectivity index (χ3v) is 2.87. The van der Waals surface area contributed by atoms with Gasteiger partial charge in [0.25, 0.3) is 0 Å². The summed E-state index contributed by atoms with van der Waals surface area (Å²) in [5.41, 5.74) is 2.11. The molecule has 19 heavy (non-hydrogen) atoms. The van der Waals surface area contributed by atoms with Crippen molar-refractivity contribution in [2.24, 2.45) is 0 Å². The fourth-order valence-corrected chi connectivity index (χ4v) is 1.88. The van der Waals surface area contributed by atoms with Crippen LogP contribution in [0.3, 0.4) is 0 Å². The van der Waals surface area contributed by atoms with Crippen molar-refractivity contribution in [1.82, 2.24) is 0 Å². The Bertz CT molecular complexity index is 496. The highest BCUT2D eigenvalue weighted by molar-refractivity contribution is 6.01. The lowest BCUT2D eigenvalue weighted by Crippen LogP contribution is -2.14. The van der Waals surface area contributed by atoms with Crippen LogP contribution < -0.4 is 5.32 Å². The summed E-state index contributed by atoms with van der Waals surface area (Å²) in [4.78, 5) is 22.9. The van der Waals surface area contributed by atoms with Gasteiger partial charge in [-0.2, -0.15) is 0 Å². The summed E-state index contributed by atoms with van der Waals surface area (Å²) >= 11 is 0. The maximum atomic E-state index is 11.7. The molecule has 1 aromatic rings. The average molecular weight is 265 g/mol. The number of aryl methyl sites for hydroxylation is 1. The first kappa shape index (κ1) is 15.2. The molecule has 104 valence electrons. The molecule has 0 saturated heterocycles. The van der Waals surface area contributed by atoms with Crippen LogP contribution in [0.1, 0.15) is 47.9 Å². The van der Waals surface area contributed by atoms with E-state index in [1.54, 1.807) is 12.1 Å². The van der Waals surface area contributed by atoms with Crippen molar-refractivity contribution in [2.45, 2.75) is 33.3 Å². The zero-order valence-electron chi connectivity index (χ0n) is 11.6. The molecule has 0 aliphatic carbocycles. The summed E-state index contributed by atoms with van der Waals surface area (Å²) in [7, 11) is 1.27. The zero-order valence-corrected chi connectivity index (χ0v) is 11.6. The van der Waals surface area contributed by atoms with E-state index in [2.05, 4.69) is 5.32 Å². The van der Waals surface area contributed by atoms with E-state index in [9.17, 15) is 14.7 Å². The lowest BCUT2D eigenvalue weighted by atomic mass is 9.97. The molecule has 0 aromatic heterocycles. The number of hydrogen-bond acceptors (Lipinski definition) is 4. The summed E-state index contributed by atoms with van der Waals surface area (Å²) < 4.78 is 4.69. The minimum Gasteiger partial charge on any atom is -0.465 e. The van der Waals surface area contributed by atoms with Crippen molar-refractivity contribution >= 4 is 17.6 Å². The SMILES string of the molecule is CCC(O)c1cc(C(=O)OC)c(NC(C)=O)cc1C. The minimum atomic E-state index is -0.644. The summed E-state index contributed by atoms with van der Waals surface area (Å²) in [6.07, 6.45) is -0.101. The number of rotatable bonds is 4. The summed E-state index contributed by atoms with van der Waals surface area (Å²) in [5, 5.41) is 12.5. The minimum absolute atomic E-state index is 0.241. The Morgan fingerprint density at radius 2 is 2.05 bits per heavy atom. The number of anilines is 1. The molecule has 2 N–H and O–H groups in total. The van der Waals surface area contributed by atoms with Gasteiger partial charge >= 0.3 is 5.97 Å². The van der Waals surface area contributed by atoms with Crippen molar-refractivity contribution < 1.29 is 19.4 Å². The monoisotopic (exact) mass is 265 g/mol. The van der Waals surface area contributed by atoms with E-state index >= 15 is 0 Å². The third kappa shape index (κ3) is 3.54. The Hall–Kier alpha value is -1.88. The van der Waals surface area contributed by atoms with Gasteiger partial charge in [0.15, 0.2) is 0 Å². The Morgan fingerprint density at radius 3 is 2.53 bits per heavy atom. The van der Waals surface area contributed by atoms with Gasteiger partial charge in [0.1, 0.15) is 0 Å². The number of carbonyl (C=O) groups is 2. The number of aliphatic hydroxyl groups excluding tert-OH is 1. The second-order valence-electron chi connectivity index (χ2n) is 4.35. The molecule has 0 fully saturated rings. The topological polar surface area (TPSA) is 75.6 Å². The lowest BCUT2D eigenvalue weighted by Gasteiger charge is -2.16. The van der Waals surface area contributed by atoms with Crippen LogP contribution in [-0.2, 0) is 9.53 Å². The standard InChI is InChI=1S/C14H19NO4/c1-5-13(17)10-7-11(14(18)19-4)12(6-8(10)2)15-9(3)16/h6-7,13,17H,5H2,1-4H3,(H,15,16). The molecule has 0 heterocycles. The van der Waals surface area contributed by atoms with Crippen molar-refractivity contribution in [3.05, 3.63) is 28.8 Å². The Kier molecular flexibility index (Phi) is 5.06. The third-order valence-electron chi connectivity index (χ3n) is 2.87. The van der Waals surface area contributed by atoms with E-state index in [1.807, 2.05) is 13.8 Å². The Balaban J connectivity index is 3.36. The van der Waals surface area contributed by atoms with Crippen molar-refractivity contribution in [2.75, 3.05) is 12.4 Å². The number of methoxy groups -OCH3 is 1. The van der Waals surface area contributed by atoms with Gasteiger partial charge in [-0.05, 0) is 36.6 Å². The van der Waals surface area contributed by atoms with E-state index in [0.717, 1.165) is 5.56 Å². The van der Waals surface area contributed by atoms with Crippen LogP contribution in [0.2, 0.25) is 0 Å². The van der Waals surface area contributed by atoms with Crippen LogP contribution in [0.5, 0.6) is 0 Å². The van der Waals surface area contributed by atoms with Crippen LogP contribution in [0.25, 0.3) is 0 Å². The Labute approximate surface area is 112 Å². The second kappa shape index (κ2) is 6.33. The number of ether oxygens (including phenoxy) is 1. The van der Waals surface area contributed by atoms with Crippen molar-refractivity contribution in [1.29, 1.82) is 0 Å². The second-order valence-corrected chi connectivity index (χ2v) is 4.35. The number of aliphatic hydroxyl groups is 1. The van der Waals surface area contributed by atoms with Crippen LogP contribution in [0, 0.1) is 6.92 Å². The van der Waals surface area contributed by atoms with Crippen LogP contribution in [0.15, 0.2) is 12.1 Å². The van der Waals surface area contributed by atoms with E-state index in [0.29, 0.717) is 17.7 Å². The first-order chi connectivity index (χ1) is 8.90.